The zero-order valence-electron chi connectivity index (χ0n) is 15.2. The van der Waals surface area contributed by atoms with Crippen molar-refractivity contribution in [2.45, 2.75) is 45.8 Å². The fraction of sp³-hybridized carbons (Fsp3) is 0.611. The molecular weight excluding hydrogens is 370 g/mol. The number of anilines is 1. The predicted octanol–water partition coefficient (Wildman–Crippen LogP) is 3.20. The Balaban J connectivity index is 1.84. The molecule has 2 aliphatic rings. The van der Waals surface area contributed by atoms with Crippen molar-refractivity contribution in [1.29, 1.82) is 5.26 Å². The van der Waals surface area contributed by atoms with E-state index in [9.17, 15) is 14.9 Å². The van der Waals surface area contributed by atoms with Crippen LogP contribution in [0.4, 0.5) is 9.80 Å². The van der Waals surface area contributed by atoms with E-state index in [1.54, 1.807) is 9.80 Å². The summed E-state index contributed by atoms with van der Waals surface area (Å²) in [6.07, 6.45) is 0.733. The molecule has 0 bridgehead atoms. The van der Waals surface area contributed by atoms with Gasteiger partial charge in [0.2, 0.25) is 5.91 Å². The van der Waals surface area contributed by atoms with Crippen LogP contribution in [0.15, 0.2) is 0 Å². The number of ether oxygens (including phenoxy) is 1. The highest BCUT2D eigenvalue weighted by atomic mass is 32.1. The molecule has 1 saturated heterocycles. The SMILES string of the molecule is CC(C)(C)OC(=O)N1CCc2c(sc(N3CC(CS)CC3=O)c2C#N)C1. The normalized spacial score (nSPS) is 20.1. The third kappa shape index (κ3) is 3.69. The van der Waals surface area contributed by atoms with Crippen LogP contribution >= 0.6 is 24.0 Å². The van der Waals surface area contributed by atoms with Gasteiger partial charge in [-0.25, -0.2) is 4.79 Å². The minimum Gasteiger partial charge on any atom is -0.444 e. The van der Waals surface area contributed by atoms with E-state index in [1.165, 1.54) is 11.3 Å². The van der Waals surface area contributed by atoms with Crippen molar-refractivity contribution in [1.82, 2.24) is 4.90 Å². The molecule has 1 fully saturated rings. The molecular formula is C18H23N3O3S2. The lowest BCUT2D eigenvalue weighted by atomic mass is 10.0. The average Bonchev–Trinajstić information content (AvgIpc) is 3.11. The smallest absolute Gasteiger partial charge is 0.410 e. The first-order valence-corrected chi connectivity index (χ1v) is 10.1. The van der Waals surface area contributed by atoms with E-state index in [-0.39, 0.29) is 17.9 Å². The molecule has 0 N–H and O–H groups in total. The Morgan fingerprint density at radius 1 is 1.46 bits per heavy atom. The van der Waals surface area contributed by atoms with Crippen molar-refractivity contribution in [3.63, 3.8) is 0 Å². The number of hydrogen-bond donors (Lipinski definition) is 1. The lowest BCUT2D eigenvalue weighted by molar-refractivity contribution is -0.117. The molecule has 2 aliphatic heterocycles. The lowest BCUT2D eigenvalue weighted by Crippen LogP contribution is -2.39. The van der Waals surface area contributed by atoms with Crippen molar-refractivity contribution in [2.75, 3.05) is 23.7 Å². The molecule has 1 aromatic rings. The molecule has 8 heteroatoms. The van der Waals surface area contributed by atoms with E-state index >= 15 is 0 Å². The van der Waals surface area contributed by atoms with Crippen LogP contribution in [0.5, 0.6) is 0 Å². The number of fused-ring (bicyclic) bond motifs is 1. The zero-order chi connectivity index (χ0) is 19.1. The highest BCUT2D eigenvalue weighted by Gasteiger charge is 2.36. The monoisotopic (exact) mass is 393 g/mol. The second kappa shape index (κ2) is 7.12. The number of nitriles is 1. The first-order chi connectivity index (χ1) is 12.2. The number of thiol groups is 1. The van der Waals surface area contributed by atoms with Gasteiger partial charge < -0.3 is 14.5 Å². The molecule has 1 aromatic heterocycles. The van der Waals surface area contributed by atoms with Gasteiger partial charge >= 0.3 is 6.09 Å². The molecule has 2 amide bonds. The molecule has 0 spiro atoms. The minimum absolute atomic E-state index is 0.0446. The van der Waals surface area contributed by atoms with Crippen LogP contribution in [-0.4, -0.2) is 41.3 Å². The number of carbonyl (C=O) groups excluding carboxylic acids is 2. The molecule has 3 heterocycles. The van der Waals surface area contributed by atoms with Gasteiger partial charge in [-0.1, -0.05) is 0 Å². The van der Waals surface area contributed by atoms with Gasteiger partial charge in [0.05, 0.1) is 12.1 Å². The van der Waals surface area contributed by atoms with Crippen LogP contribution in [-0.2, 0) is 22.5 Å². The predicted molar refractivity (Wildman–Crippen MR) is 104 cm³/mol. The Morgan fingerprint density at radius 3 is 2.77 bits per heavy atom. The molecule has 3 rings (SSSR count). The van der Waals surface area contributed by atoms with Crippen LogP contribution in [0, 0.1) is 17.2 Å². The van der Waals surface area contributed by atoms with Crippen molar-refractivity contribution >= 4 is 41.0 Å². The van der Waals surface area contributed by atoms with E-state index in [4.69, 9.17) is 4.74 Å². The minimum atomic E-state index is -0.542. The molecule has 1 atom stereocenters. The third-order valence-electron chi connectivity index (χ3n) is 4.51. The van der Waals surface area contributed by atoms with Crippen molar-refractivity contribution in [3.8, 4) is 6.07 Å². The summed E-state index contributed by atoms with van der Waals surface area (Å²) in [5.41, 5.74) is 1.01. The number of amides is 2. The number of rotatable bonds is 2. The highest BCUT2D eigenvalue weighted by Crippen LogP contribution is 2.41. The number of thiophene rings is 1. The molecule has 0 aromatic carbocycles. The maximum Gasteiger partial charge on any atom is 0.410 e. The Kier molecular flexibility index (Phi) is 5.22. The molecule has 0 radical (unpaired) electrons. The van der Waals surface area contributed by atoms with Crippen LogP contribution in [0.1, 0.15) is 43.2 Å². The number of hydrogen-bond acceptors (Lipinski definition) is 6. The van der Waals surface area contributed by atoms with Crippen LogP contribution in [0.2, 0.25) is 0 Å². The van der Waals surface area contributed by atoms with Gasteiger partial charge in [0.15, 0.2) is 0 Å². The van der Waals surface area contributed by atoms with Gasteiger partial charge in [0, 0.05) is 24.4 Å². The summed E-state index contributed by atoms with van der Waals surface area (Å²) in [4.78, 5) is 29.1. The summed E-state index contributed by atoms with van der Waals surface area (Å²) in [6, 6.07) is 2.28. The molecule has 1 unspecified atom stereocenters. The van der Waals surface area contributed by atoms with Crippen LogP contribution < -0.4 is 4.90 Å². The highest BCUT2D eigenvalue weighted by molar-refractivity contribution is 7.80. The molecule has 26 heavy (non-hydrogen) atoms. The van der Waals surface area contributed by atoms with E-state index in [1.807, 2.05) is 20.8 Å². The first-order valence-electron chi connectivity index (χ1n) is 8.67. The lowest BCUT2D eigenvalue weighted by Gasteiger charge is -2.29. The van der Waals surface area contributed by atoms with Gasteiger partial charge in [-0.3, -0.25) is 4.79 Å². The van der Waals surface area contributed by atoms with E-state index in [2.05, 4.69) is 18.7 Å². The quantitative estimate of drug-likeness (QED) is 0.783. The Bertz CT molecular complexity index is 776. The Hall–Kier alpha value is -1.72. The van der Waals surface area contributed by atoms with E-state index in [0.717, 1.165) is 15.4 Å². The van der Waals surface area contributed by atoms with Crippen molar-refractivity contribution in [3.05, 3.63) is 16.0 Å². The zero-order valence-corrected chi connectivity index (χ0v) is 17.0. The van der Waals surface area contributed by atoms with Crippen LogP contribution in [0.3, 0.4) is 0 Å². The van der Waals surface area contributed by atoms with Gasteiger partial charge in [0.1, 0.15) is 16.7 Å². The second-order valence-electron chi connectivity index (χ2n) is 7.70. The molecule has 6 nitrogen and oxygen atoms in total. The number of nitrogens with zero attached hydrogens (tertiary/aromatic N) is 3. The first kappa shape index (κ1) is 19.1. The summed E-state index contributed by atoms with van der Waals surface area (Å²) in [5, 5.41) is 10.4. The van der Waals surface area contributed by atoms with Gasteiger partial charge in [-0.15, -0.1) is 11.3 Å². The van der Waals surface area contributed by atoms with Crippen molar-refractivity contribution in [2.24, 2.45) is 5.92 Å². The summed E-state index contributed by atoms with van der Waals surface area (Å²) >= 11 is 5.75. The Labute approximate surface area is 163 Å². The largest absolute Gasteiger partial charge is 0.444 e. The fourth-order valence-corrected chi connectivity index (χ4v) is 4.86. The molecule has 0 saturated carbocycles. The van der Waals surface area contributed by atoms with E-state index < -0.39 is 5.60 Å². The summed E-state index contributed by atoms with van der Waals surface area (Å²) < 4.78 is 5.45. The van der Waals surface area contributed by atoms with Gasteiger partial charge in [0.25, 0.3) is 0 Å². The maximum atomic E-state index is 12.4. The second-order valence-corrected chi connectivity index (χ2v) is 9.15. The summed E-state index contributed by atoms with van der Waals surface area (Å²) in [7, 11) is 0. The average molecular weight is 394 g/mol. The maximum absolute atomic E-state index is 12.4. The topological polar surface area (TPSA) is 73.6 Å². The number of carbonyl (C=O) groups is 2. The molecule has 140 valence electrons. The standard InChI is InChI=1S/C18H23N3O3S2/c1-18(2,3)24-17(23)20-5-4-12-13(7-19)16(26-14(12)9-20)21-8-11(10-25)6-15(21)22/h11,25H,4-6,8-10H2,1-3H3. The van der Waals surface area contributed by atoms with Crippen LogP contribution in [0.25, 0.3) is 0 Å². The molecule has 0 aliphatic carbocycles. The summed E-state index contributed by atoms with van der Waals surface area (Å²) in [6.45, 7) is 7.06. The third-order valence-corrected chi connectivity index (χ3v) is 6.27. The van der Waals surface area contributed by atoms with E-state index in [0.29, 0.717) is 43.8 Å². The van der Waals surface area contributed by atoms with Gasteiger partial charge in [-0.05, 0) is 44.4 Å². The fourth-order valence-electron chi connectivity index (χ4n) is 3.28. The van der Waals surface area contributed by atoms with Gasteiger partial charge in [-0.2, -0.15) is 17.9 Å². The van der Waals surface area contributed by atoms with Crippen molar-refractivity contribution < 1.29 is 14.3 Å². The summed E-state index contributed by atoms with van der Waals surface area (Å²) in [5.74, 6) is 0.916. The Morgan fingerprint density at radius 2 is 2.19 bits per heavy atom.